The molecule has 1 aromatic carbocycles. The molecule has 0 spiro atoms. The van der Waals surface area contributed by atoms with Crippen LogP contribution in [0.5, 0.6) is 5.75 Å². The lowest BCUT2D eigenvalue weighted by atomic mass is 10.1. The molecular weight excluding hydrogens is 204 g/mol. The van der Waals surface area contributed by atoms with Crippen LogP contribution < -0.4 is 15.8 Å². The van der Waals surface area contributed by atoms with Crippen LogP contribution in [0.15, 0.2) is 24.3 Å². The van der Waals surface area contributed by atoms with E-state index in [4.69, 9.17) is 15.6 Å². The van der Waals surface area contributed by atoms with Crippen molar-refractivity contribution in [3.8, 4) is 5.75 Å². The Balaban J connectivity index is 2.56. The summed E-state index contributed by atoms with van der Waals surface area (Å²) in [6, 6.07) is 7.99. The molecule has 0 aliphatic rings. The predicted molar refractivity (Wildman–Crippen MR) is 64.5 cm³/mol. The predicted octanol–water partition coefficient (Wildman–Crippen LogP) is 0.667. The number of ether oxygens (including phenoxy) is 1. The van der Waals surface area contributed by atoms with Gasteiger partial charge in [-0.25, -0.2) is 0 Å². The van der Waals surface area contributed by atoms with Gasteiger partial charge in [0.2, 0.25) is 0 Å². The van der Waals surface area contributed by atoms with E-state index in [-0.39, 0.29) is 12.6 Å². The van der Waals surface area contributed by atoms with E-state index in [2.05, 4.69) is 5.32 Å². The lowest BCUT2D eigenvalue weighted by Gasteiger charge is -2.17. The van der Waals surface area contributed by atoms with E-state index in [1.807, 2.05) is 24.3 Å². The highest BCUT2D eigenvalue weighted by Crippen LogP contribution is 2.16. The Morgan fingerprint density at radius 1 is 1.38 bits per heavy atom. The van der Waals surface area contributed by atoms with Gasteiger partial charge in [-0.05, 0) is 30.7 Å². The molecule has 0 aromatic heterocycles. The van der Waals surface area contributed by atoms with E-state index in [0.29, 0.717) is 6.54 Å². The van der Waals surface area contributed by atoms with E-state index < -0.39 is 0 Å². The van der Waals surface area contributed by atoms with Gasteiger partial charge < -0.3 is 20.9 Å². The molecule has 0 saturated carbocycles. The zero-order valence-electron chi connectivity index (χ0n) is 9.65. The lowest BCUT2D eigenvalue weighted by molar-refractivity contribution is 0.283. The van der Waals surface area contributed by atoms with Crippen LogP contribution >= 0.6 is 0 Å². The largest absolute Gasteiger partial charge is 0.497 e. The van der Waals surface area contributed by atoms with Gasteiger partial charge in [-0.2, -0.15) is 0 Å². The minimum Gasteiger partial charge on any atom is -0.497 e. The third-order valence-corrected chi connectivity index (χ3v) is 2.48. The molecule has 0 bridgehead atoms. The van der Waals surface area contributed by atoms with Crippen molar-refractivity contribution in [3.63, 3.8) is 0 Å². The van der Waals surface area contributed by atoms with E-state index >= 15 is 0 Å². The number of nitrogens with one attached hydrogen (secondary N) is 1. The molecule has 1 rings (SSSR count). The molecule has 0 radical (unpaired) electrons. The number of aliphatic hydroxyl groups is 1. The smallest absolute Gasteiger partial charge is 0.118 e. The van der Waals surface area contributed by atoms with Gasteiger partial charge in [-0.15, -0.1) is 0 Å². The summed E-state index contributed by atoms with van der Waals surface area (Å²) in [5, 5.41) is 12.0. The molecule has 90 valence electrons. The molecule has 0 amide bonds. The Morgan fingerprint density at radius 2 is 2.06 bits per heavy atom. The minimum absolute atomic E-state index is 0.137. The van der Waals surface area contributed by atoms with Crippen molar-refractivity contribution in [1.29, 1.82) is 0 Å². The summed E-state index contributed by atoms with van der Waals surface area (Å²) in [5.41, 5.74) is 6.84. The Kier molecular flexibility index (Phi) is 5.85. The third-order valence-electron chi connectivity index (χ3n) is 2.48. The fourth-order valence-corrected chi connectivity index (χ4v) is 1.53. The quantitative estimate of drug-likeness (QED) is 0.595. The summed E-state index contributed by atoms with van der Waals surface area (Å²) in [7, 11) is 1.65. The Bertz CT molecular complexity index is 288. The lowest BCUT2D eigenvalue weighted by Crippen LogP contribution is -2.29. The van der Waals surface area contributed by atoms with Gasteiger partial charge in [0.05, 0.1) is 7.11 Å². The van der Waals surface area contributed by atoms with Crippen LogP contribution in [0, 0.1) is 0 Å². The van der Waals surface area contributed by atoms with Crippen molar-refractivity contribution in [2.75, 3.05) is 26.8 Å². The highest BCUT2D eigenvalue weighted by molar-refractivity contribution is 5.29. The molecule has 16 heavy (non-hydrogen) atoms. The van der Waals surface area contributed by atoms with Crippen molar-refractivity contribution in [2.45, 2.75) is 12.5 Å². The first-order valence-electron chi connectivity index (χ1n) is 5.50. The first-order chi connectivity index (χ1) is 7.81. The number of nitrogens with two attached hydrogens (primary N) is 1. The van der Waals surface area contributed by atoms with Crippen molar-refractivity contribution in [2.24, 2.45) is 5.73 Å². The van der Waals surface area contributed by atoms with Crippen LogP contribution in [0.3, 0.4) is 0 Å². The zero-order chi connectivity index (χ0) is 11.8. The summed E-state index contributed by atoms with van der Waals surface area (Å²) in [5.74, 6) is 0.842. The maximum atomic E-state index is 8.70. The minimum atomic E-state index is 0.137. The second-order valence-electron chi connectivity index (χ2n) is 3.59. The monoisotopic (exact) mass is 224 g/mol. The number of benzene rings is 1. The maximum Gasteiger partial charge on any atom is 0.118 e. The summed E-state index contributed by atoms with van der Waals surface area (Å²) in [6.07, 6.45) is 0.743. The Hall–Kier alpha value is -1.10. The molecule has 1 aromatic rings. The topological polar surface area (TPSA) is 67.5 Å². The van der Waals surface area contributed by atoms with Gasteiger partial charge >= 0.3 is 0 Å². The van der Waals surface area contributed by atoms with Crippen molar-refractivity contribution >= 4 is 0 Å². The molecule has 0 saturated heterocycles. The fourth-order valence-electron chi connectivity index (χ4n) is 1.53. The van der Waals surface area contributed by atoms with Crippen LogP contribution in [0.4, 0.5) is 0 Å². The SMILES string of the molecule is COc1ccc(C(CN)NCCCO)cc1. The summed E-state index contributed by atoms with van der Waals surface area (Å²) in [6.45, 7) is 1.51. The molecule has 0 aliphatic heterocycles. The van der Waals surface area contributed by atoms with Crippen LogP contribution in [-0.4, -0.2) is 31.9 Å². The summed E-state index contributed by atoms with van der Waals surface area (Å²) in [4.78, 5) is 0. The van der Waals surface area contributed by atoms with Crippen LogP contribution in [0.1, 0.15) is 18.0 Å². The standard InChI is InChI=1S/C12H20N2O2/c1-16-11-5-3-10(4-6-11)12(9-13)14-7-2-8-15/h3-6,12,14-15H,2,7-9,13H2,1H3. The molecule has 4 heteroatoms. The molecular formula is C12H20N2O2. The van der Waals surface area contributed by atoms with E-state index in [9.17, 15) is 0 Å². The number of rotatable bonds is 7. The second-order valence-corrected chi connectivity index (χ2v) is 3.59. The van der Waals surface area contributed by atoms with Gasteiger partial charge in [-0.3, -0.25) is 0 Å². The fraction of sp³-hybridized carbons (Fsp3) is 0.500. The van der Waals surface area contributed by atoms with Crippen molar-refractivity contribution < 1.29 is 9.84 Å². The molecule has 1 unspecified atom stereocenters. The summed E-state index contributed by atoms with van der Waals surface area (Å²) >= 11 is 0. The highest BCUT2D eigenvalue weighted by atomic mass is 16.5. The maximum absolute atomic E-state index is 8.70. The first kappa shape index (κ1) is 13.0. The number of aliphatic hydroxyl groups excluding tert-OH is 1. The van der Waals surface area contributed by atoms with Crippen LogP contribution in [0.25, 0.3) is 0 Å². The Morgan fingerprint density at radius 3 is 2.56 bits per heavy atom. The molecule has 0 fully saturated rings. The van der Waals surface area contributed by atoms with Gasteiger partial charge in [0.1, 0.15) is 5.75 Å². The van der Waals surface area contributed by atoms with E-state index in [1.54, 1.807) is 7.11 Å². The molecule has 4 nitrogen and oxygen atoms in total. The number of hydrogen-bond acceptors (Lipinski definition) is 4. The van der Waals surface area contributed by atoms with Gasteiger partial charge in [0, 0.05) is 19.2 Å². The molecule has 0 heterocycles. The van der Waals surface area contributed by atoms with E-state index in [1.165, 1.54) is 0 Å². The average Bonchev–Trinajstić information content (AvgIpc) is 2.35. The van der Waals surface area contributed by atoms with Gasteiger partial charge in [-0.1, -0.05) is 12.1 Å². The zero-order valence-corrected chi connectivity index (χ0v) is 9.65. The number of hydrogen-bond donors (Lipinski definition) is 3. The first-order valence-corrected chi connectivity index (χ1v) is 5.50. The molecule has 0 aliphatic carbocycles. The third kappa shape index (κ3) is 3.81. The van der Waals surface area contributed by atoms with Crippen LogP contribution in [-0.2, 0) is 0 Å². The van der Waals surface area contributed by atoms with Crippen molar-refractivity contribution in [3.05, 3.63) is 29.8 Å². The van der Waals surface area contributed by atoms with Crippen LogP contribution in [0.2, 0.25) is 0 Å². The van der Waals surface area contributed by atoms with E-state index in [0.717, 1.165) is 24.3 Å². The molecule has 4 N–H and O–H groups in total. The Labute approximate surface area is 96.4 Å². The summed E-state index contributed by atoms with van der Waals surface area (Å²) < 4.78 is 5.10. The van der Waals surface area contributed by atoms with Gasteiger partial charge in [0.25, 0.3) is 0 Å². The normalized spacial score (nSPS) is 12.4. The molecule has 1 atom stereocenters. The van der Waals surface area contributed by atoms with Crippen molar-refractivity contribution in [1.82, 2.24) is 5.32 Å². The van der Waals surface area contributed by atoms with Gasteiger partial charge in [0.15, 0.2) is 0 Å². The number of methoxy groups -OCH3 is 1. The second kappa shape index (κ2) is 7.22. The highest BCUT2D eigenvalue weighted by Gasteiger charge is 2.08. The average molecular weight is 224 g/mol.